The van der Waals surface area contributed by atoms with Crippen molar-refractivity contribution in [3.63, 3.8) is 0 Å². The van der Waals surface area contributed by atoms with Crippen molar-refractivity contribution in [2.24, 2.45) is 10.1 Å². The molecule has 0 saturated heterocycles. The second-order valence-corrected chi connectivity index (χ2v) is 6.47. The molecule has 0 radical (unpaired) electrons. The van der Waals surface area contributed by atoms with Gasteiger partial charge in [0.25, 0.3) is 0 Å². The van der Waals surface area contributed by atoms with Crippen LogP contribution in [0.25, 0.3) is 11.3 Å². The van der Waals surface area contributed by atoms with Crippen molar-refractivity contribution < 1.29 is 4.39 Å². The highest BCUT2D eigenvalue weighted by Gasteiger charge is 2.07. The van der Waals surface area contributed by atoms with Crippen molar-refractivity contribution in [2.75, 3.05) is 7.05 Å². The van der Waals surface area contributed by atoms with Gasteiger partial charge in [-0.3, -0.25) is 4.99 Å². The molecule has 0 aliphatic heterocycles. The van der Waals surface area contributed by atoms with Crippen LogP contribution in [0.15, 0.2) is 68.5 Å². The molecule has 0 spiro atoms. The highest BCUT2D eigenvalue weighted by molar-refractivity contribution is 9.10. The lowest BCUT2D eigenvalue weighted by atomic mass is 10.2. The van der Waals surface area contributed by atoms with Gasteiger partial charge in [0.1, 0.15) is 5.82 Å². The van der Waals surface area contributed by atoms with Crippen LogP contribution in [0.3, 0.4) is 0 Å². The molecular formula is C17H13BrFN3S. The lowest BCUT2D eigenvalue weighted by Crippen LogP contribution is -2.11. The molecule has 0 aliphatic rings. The quantitative estimate of drug-likeness (QED) is 0.589. The van der Waals surface area contributed by atoms with Crippen molar-refractivity contribution in [3.05, 3.63) is 74.6 Å². The lowest BCUT2D eigenvalue weighted by molar-refractivity contribution is 0.625. The Hall–Kier alpha value is -2.05. The monoisotopic (exact) mass is 389 g/mol. The Labute approximate surface area is 145 Å². The fourth-order valence-electron chi connectivity index (χ4n) is 2.11. The molecule has 0 atom stereocenters. The predicted octanol–water partition coefficient (Wildman–Crippen LogP) is 4.53. The zero-order valence-electron chi connectivity index (χ0n) is 12.3. The van der Waals surface area contributed by atoms with Gasteiger partial charge in [-0.05, 0) is 18.2 Å². The molecular weight excluding hydrogens is 377 g/mol. The average Bonchev–Trinajstić information content (AvgIpc) is 2.97. The minimum absolute atomic E-state index is 0.300. The van der Waals surface area contributed by atoms with E-state index in [-0.39, 0.29) is 5.82 Å². The molecule has 0 fully saturated rings. The van der Waals surface area contributed by atoms with E-state index >= 15 is 0 Å². The SMILES string of the molecule is CN=c1scc(-c2cccc(Br)c2)n1N=Cc1ccccc1F. The van der Waals surface area contributed by atoms with E-state index in [0.29, 0.717) is 5.56 Å². The van der Waals surface area contributed by atoms with Gasteiger partial charge >= 0.3 is 0 Å². The van der Waals surface area contributed by atoms with Gasteiger partial charge in [0, 0.05) is 28.0 Å². The molecule has 3 nitrogen and oxygen atoms in total. The molecule has 23 heavy (non-hydrogen) atoms. The van der Waals surface area contributed by atoms with E-state index in [4.69, 9.17) is 0 Å². The first-order valence-electron chi connectivity index (χ1n) is 6.87. The third-order valence-corrected chi connectivity index (χ3v) is 4.62. The second-order valence-electron chi connectivity index (χ2n) is 4.72. The van der Waals surface area contributed by atoms with Gasteiger partial charge in [0.15, 0.2) is 0 Å². The first-order valence-corrected chi connectivity index (χ1v) is 8.54. The molecule has 116 valence electrons. The number of nitrogens with zero attached hydrogens (tertiary/aromatic N) is 3. The number of benzene rings is 2. The van der Waals surface area contributed by atoms with Crippen molar-refractivity contribution in [1.29, 1.82) is 0 Å². The van der Waals surface area contributed by atoms with E-state index in [9.17, 15) is 4.39 Å². The molecule has 6 heteroatoms. The smallest absolute Gasteiger partial charge is 0.205 e. The minimum atomic E-state index is -0.300. The van der Waals surface area contributed by atoms with Crippen LogP contribution in [-0.4, -0.2) is 17.9 Å². The summed E-state index contributed by atoms with van der Waals surface area (Å²) >= 11 is 4.97. The summed E-state index contributed by atoms with van der Waals surface area (Å²) in [4.78, 5) is 4.98. The zero-order chi connectivity index (χ0) is 16.2. The van der Waals surface area contributed by atoms with E-state index in [0.717, 1.165) is 20.5 Å². The van der Waals surface area contributed by atoms with Crippen molar-refractivity contribution in [1.82, 2.24) is 4.68 Å². The van der Waals surface area contributed by atoms with E-state index in [1.807, 2.05) is 29.6 Å². The summed E-state index contributed by atoms with van der Waals surface area (Å²) in [5.41, 5.74) is 2.36. The summed E-state index contributed by atoms with van der Waals surface area (Å²) in [6.45, 7) is 0. The van der Waals surface area contributed by atoms with Crippen LogP contribution in [0.1, 0.15) is 5.56 Å². The standard InChI is InChI=1S/C17H13BrFN3S/c1-20-17-22(21-10-13-5-2-3-8-15(13)19)16(11-23-17)12-6-4-7-14(18)9-12/h2-11H,1H3. The number of aromatic nitrogens is 1. The summed E-state index contributed by atoms with van der Waals surface area (Å²) in [5.74, 6) is -0.300. The molecule has 0 unspecified atom stereocenters. The van der Waals surface area contributed by atoms with Crippen LogP contribution in [0.4, 0.5) is 4.39 Å². The van der Waals surface area contributed by atoms with Crippen molar-refractivity contribution >= 4 is 33.5 Å². The Morgan fingerprint density at radius 1 is 1.17 bits per heavy atom. The summed E-state index contributed by atoms with van der Waals surface area (Å²) in [6, 6.07) is 14.5. The number of halogens is 2. The number of hydrogen-bond acceptors (Lipinski definition) is 3. The van der Waals surface area contributed by atoms with Crippen LogP contribution in [0.5, 0.6) is 0 Å². The minimum Gasteiger partial charge on any atom is -0.261 e. The second kappa shape index (κ2) is 7.02. The fraction of sp³-hybridized carbons (Fsp3) is 0.0588. The largest absolute Gasteiger partial charge is 0.261 e. The third kappa shape index (κ3) is 3.48. The van der Waals surface area contributed by atoms with Gasteiger partial charge in [-0.25, -0.2) is 9.07 Å². The predicted molar refractivity (Wildman–Crippen MR) is 96.3 cm³/mol. The van der Waals surface area contributed by atoms with Crippen LogP contribution >= 0.6 is 27.3 Å². The lowest BCUT2D eigenvalue weighted by Gasteiger charge is -2.04. The third-order valence-electron chi connectivity index (χ3n) is 3.21. The maximum absolute atomic E-state index is 13.7. The first kappa shape index (κ1) is 15.8. The molecule has 0 amide bonds. The topological polar surface area (TPSA) is 29.6 Å². The molecule has 1 aromatic heterocycles. The van der Waals surface area contributed by atoms with Crippen LogP contribution < -0.4 is 4.80 Å². The summed E-state index contributed by atoms with van der Waals surface area (Å²) < 4.78 is 16.5. The number of rotatable bonds is 3. The van der Waals surface area contributed by atoms with E-state index < -0.39 is 0 Å². The Morgan fingerprint density at radius 2 is 2.00 bits per heavy atom. The van der Waals surface area contributed by atoms with Crippen LogP contribution in [-0.2, 0) is 0 Å². The van der Waals surface area contributed by atoms with Gasteiger partial charge in [0.2, 0.25) is 4.80 Å². The molecule has 2 aromatic carbocycles. The van der Waals surface area contributed by atoms with Gasteiger partial charge in [0.05, 0.1) is 11.9 Å². The van der Waals surface area contributed by atoms with Crippen molar-refractivity contribution in [3.8, 4) is 11.3 Å². The van der Waals surface area contributed by atoms with Crippen molar-refractivity contribution in [2.45, 2.75) is 0 Å². The van der Waals surface area contributed by atoms with Gasteiger partial charge in [-0.2, -0.15) is 5.10 Å². The highest BCUT2D eigenvalue weighted by Crippen LogP contribution is 2.23. The first-order chi connectivity index (χ1) is 11.2. The Kier molecular flexibility index (Phi) is 4.83. The molecule has 0 aliphatic carbocycles. The molecule has 0 saturated carbocycles. The summed E-state index contributed by atoms with van der Waals surface area (Å²) in [6.07, 6.45) is 1.51. The van der Waals surface area contributed by atoms with Crippen LogP contribution in [0, 0.1) is 5.82 Å². The molecule has 0 N–H and O–H groups in total. The Morgan fingerprint density at radius 3 is 2.74 bits per heavy atom. The fourth-order valence-corrected chi connectivity index (χ4v) is 3.31. The number of hydrogen-bond donors (Lipinski definition) is 0. The maximum Gasteiger partial charge on any atom is 0.205 e. The molecule has 0 bridgehead atoms. The Bertz CT molecular complexity index is 927. The average molecular weight is 390 g/mol. The zero-order valence-corrected chi connectivity index (χ0v) is 14.7. The molecule has 1 heterocycles. The Balaban J connectivity index is 2.09. The summed E-state index contributed by atoms with van der Waals surface area (Å²) in [7, 11) is 1.71. The molecule has 3 rings (SSSR count). The van der Waals surface area contributed by atoms with E-state index in [2.05, 4.69) is 26.0 Å². The normalized spacial score (nSPS) is 12.2. The summed E-state index contributed by atoms with van der Waals surface area (Å²) in [5, 5.41) is 6.42. The van der Waals surface area contributed by atoms with Crippen LogP contribution in [0.2, 0.25) is 0 Å². The van der Waals surface area contributed by atoms with Gasteiger partial charge in [-0.15, -0.1) is 11.3 Å². The molecule has 3 aromatic rings. The number of thiazole rings is 1. The van der Waals surface area contributed by atoms with E-state index in [1.165, 1.54) is 23.6 Å². The van der Waals surface area contributed by atoms with Gasteiger partial charge < -0.3 is 0 Å². The van der Waals surface area contributed by atoms with E-state index in [1.54, 1.807) is 29.9 Å². The highest BCUT2D eigenvalue weighted by atomic mass is 79.9. The maximum atomic E-state index is 13.7. The van der Waals surface area contributed by atoms with Gasteiger partial charge in [-0.1, -0.05) is 46.3 Å².